The highest BCUT2D eigenvalue weighted by Gasteiger charge is 2.21. The third-order valence-electron chi connectivity index (χ3n) is 2.50. The molecular weight excluding hydrogens is 216 g/mol. The maximum Gasteiger partial charge on any atom is 0.339 e. The Morgan fingerprint density at radius 2 is 1.71 bits per heavy atom. The molecule has 1 aromatic carbocycles. The van der Waals surface area contributed by atoms with Gasteiger partial charge in [-0.3, -0.25) is 0 Å². The van der Waals surface area contributed by atoms with Gasteiger partial charge in [-0.15, -0.1) is 0 Å². The van der Waals surface area contributed by atoms with Crippen LogP contribution in [0.25, 0.3) is 0 Å². The Morgan fingerprint density at radius 1 is 1.18 bits per heavy atom. The highest BCUT2D eigenvalue weighted by atomic mass is 16.6. The lowest BCUT2D eigenvalue weighted by atomic mass is 10.0. The number of carbonyl (C=O) groups is 1. The van der Waals surface area contributed by atoms with E-state index in [-0.39, 0.29) is 5.97 Å². The molecule has 4 N–H and O–H groups in total. The molecule has 17 heavy (non-hydrogen) atoms. The van der Waals surface area contributed by atoms with Gasteiger partial charge in [-0.25, -0.2) is 4.79 Å². The van der Waals surface area contributed by atoms with Crippen molar-refractivity contribution >= 4 is 17.3 Å². The van der Waals surface area contributed by atoms with Gasteiger partial charge in [0.2, 0.25) is 0 Å². The van der Waals surface area contributed by atoms with Gasteiger partial charge in [-0.2, -0.15) is 0 Å². The molecule has 0 aliphatic heterocycles. The van der Waals surface area contributed by atoms with Crippen LogP contribution in [-0.2, 0) is 4.74 Å². The minimum atomic E-state index is -0.520. The number of benzene rings is 1. The van der Waals surface area contributed by atoms with Crippen LogP contribution in [-0.4, -0.2) is 11.6 Å². The van der Waals surface area contributed by atoms with Gasteiger partial charge < -0.3 is 16.2 Å². The molecule has 0 aliphatic carbocycles. The summed E-state index contributed by atoms with van der Waals surface area (Å²) >= 11 is 0. The summed E-state index contributed by atoms with van der Waals surface area (Å²) in [4.78, 5) is 12.0. The van der Waals surface area contributed by atoms with Crippen LogP contribution in [0.1, 0.15) is 42.3 Å². The molecule has 0 spiro atoms. The maximum absolute atomic E-state index is 12.0. The number of anilines is 2. The summed E-state index contributed by atoms with van der Waals surface area (Å²) in [7, 11) is 0. The van der Waals surface area contributed by atoms with Crippen LogP contribution in [0.2, 0.25) is 0 Å². The summed E-state index contributed by atoms with van der Waals surface area (Å²) in [6, 6.07) is 1.72. The lowest BCUT2D eigenvalue weighted by Crippen LogP contribution is -2.24. The smallest absolute Gasteiger partial charge is 0.339 e. The summed E-state index contributed by atoms with van der Waals surface area (Å²) in [6.07, 6.45) is 0. The van der Waals surface area contributed by atoms with E-state index in [1.54, 1.807) is 13.0 Å². The van der Waals surface area contributed by atoms with Gasteiger partial charge in [0.05, 0.1) is 16.9 Å². The van der Waals surface area contributed by atoms with E-state index in [1.165, 1.54) is 0 Å². The summed E-state index contributed by atoms with van der Waals surface area (Å²) in [6.45, 7) is 9.07. The van der Waals surface area contributed by atoms with Gasteiger partial charge in [0.25, 0.3) is 0 Å². The Labute approximate surface area is 102 Å². The van der Waals surface area contributed by atoms with Gasteiger partial charge in [0.1, 0.15) is 5.60 Å². The number of esters is 1. The van der Waals surface area contributed by atoms with Crippen LogP contribution < -0.4 is 11.5 Å². The zero-order valence-electron chi connectivity index (χ0n) is 11.0. The second kappa shape index (κ2) is 4.28. The molecule has 4 heteroatoms. The third kappa shape index (κ3) is 2.90. The van der Waals surface area contributed by atoms with Crippen LogP contribution in [0.3, 0.4) is 0 Å². The van der Waals surface area contributed by atoms with E-state index in [2.05, 4.69) is 0 Å². The number of rotatable bonds is 1. The van der Waals surface area contributed by atoms with E-state index in [4.69, 9.17) is 16.2 Å². The van der Waals surface area contributed by atoms with E-state index in [1.807, 2.05) is 27.7 Å². The molecule has 0 atom stereocenters. The first-order valence-electron chi connectivity index (χ1n) is 5.52. The van der Waals surface area contributed by atoms with Crippen molar-refractivity contribution in [3.05, 3.63) is 22.8 Å². The molecule has 4 nitrogen and oxygen atoms in total. The SMILES string of the molecule is Cc1cc(C(=O)OC(C)(C)C)c(C)c(N)c1N. The zero-order valence-corrected chi connectivity index (χ0v) is 11.0. The lowest BCUT2D eigenvalue weighted by Gasteiger charge is -2.21. The summed E-state index contributed by atoms with van der Waals surface area (Å²) < 4.78 is 5.32. The molecule has 0 aromatic heterocycles. The molecule has 1 rings (SSSR count). The molecular formula is C13H20N2O2. The van der Waals surface area contributed by atoms with Crippen LogP contribution in [0.15, 0.2) is 6.07 Å². The third-order valence-corrected chi connectivity index (χ3v) is 2.50. The number of nitrogens with two attached hydrogens (primary N) is 2. The van der Waals surface area contributed by atoms with Gasteiger partial charge in [-0.05, 0) is 51.8 Å². The summed E-state index contributed by atoms with van der Waals surface area (Å²) in [5.41, 5.74) is 14.0. The predicted octanol–water partition coefficient (Wildman–Crippen LogP) is 2.42. The molecule has 0 radical (unpaired) electrons. The number of carbonyl (C=O) groups excluding carboxylic acids is 1. The first-order chi connectivity index (χ1) is 7.63. The molecule has 0 amide bonds. The Balaban J connectivity index is 3.20. The van der Waals surface area contributed by atoms with Gasteiger partial charge in [0, 0.05) is 0 Å². The molecule has 0 heterocycles. The molecule has 94 valence electrons. The molecule has 0 fully saturated rings. The van der Waals surface area contributed by atoms with Crippen LogP contribution >= 0.6 is 0 Å². The van der Waals surface area contributed by atoms with Gasteiger partial charge in [-0.1, -0.05) is 0 Å². The monoisotopic (exact) mass is 236 g/mol. The topological polar surface area (TPSA) is 78.3 Å². The van der Waals surface area contributed by atoms with Crippen LogP contribution in [0, 0.1) is 13.8 Å². The maximum atomic E-state index is 12.0. The van der Waals surface area contributed by atoms with Crippen molar-refractivity contribution in [2.24, 2.45) is 0 Å². The first-order valence-corrected chi connectivity index (χ1v) is 5.52. The van der Waals surface area contributed by atoms with Crippen molar-refractivity contribution in [2.75, 3.05) is 11.5 Å². The average Bonchev–Trinajstić information content (AvgIpc) is 2.17. The lowest BCUT2D eigenvalue weighted by molar-refractivity contribution is 0.00688. The Morgan fingerprint density at radius 3 is 2.18 bits per heavy atom. The summed E-state index contributed by atoms with van der Waals surface area (Å²) in [5, 5.41) is 0. The van der Waals surface area contributed by atoms with Crippen molar-refractivity contribution in [2.45, 2.75) is 40.2 Å². The highest BCUT2D eigenvalue weighted by molar-refractivity contribution is 5.95. The highest BCUT2D eigenvalue weighted by Crippen LogP contribution is 2.28. The van der Waals surface area contributed by atoms with E-state index in [9.17, 15) is 4.79 Å². The van der Waals surface area contributed by atoms with E-state index >= 15 is 0 Å². The van der Waals surface area contributed by atoms with Crippen LogP contribution in [0.4, 0.5) is 11.4 Å². The largest absolute Gasteiger partial charge is 0.456 e. The normalized spacial score (nSPS) is 11.4. The van der Waals surface area contributed by atoms with Crippen LogP contribution in [0.5, 0.6) is 0 Å². The Kier molecular flexibility index (Phi) is 3.36. The fraction of sp³-hybridized carbons (Fsp3) is 0.462. The van der Waals surface area contributed by atoms with E-state index < -0.39 is 5.60 Å². The molecule has 0 aliphatic rings. The number of ether oxygens (including phenoxy) is 1. The van der Waals surface area contributed by atoms with Crippen molar-refractivity contribution in [3.8, 4) is 0 Å². The number of hydrogen-bond acceptors (Lipinski definition) is 4. The molecule has 1 aromatic rings. The molecule has 0 bridgehead atoms. The molecule has 0 unspecified atom stereocenters. The molecule has 0 saturated heterocycles. The van der Waals surface area contributed by atoms with Crippen molar-refractivity contribution in [1.82, 2.24) is 0 Å². The second-order valence-corrected chi connectivity index (χ2v) is 5.20. The van der Waals surface area contributed by atoms with Crippen molar-refractivity contribution in [1.29, 1.82) is 0 Å². The fourth-order valence-electron chi connectivity index (χ4n) is 1.51. The average molecular weight is 236 g/mol. The Bertz CT molecular complexity index is 459. The quantitative estimate of drug-likeness (QED) is 0.579. The first kappa shape index (κ1) is 13.4. The van der Waals surface area contributed by atoms with Crippen molar-refractivity contribution < 1.29 is 9.53 Å². The fourth-order valence-corrected chi connectivity index (χ4v) is 1.51. The number of aryl methyl sites for hydroxylation is 1. The number of nitrogen functional groups attached to an aromatic ring is 2. The number of hydrogen-bond donors (Lipinski definition) is 2. The Hall–Kier alpha value is -1.71. The standard InChI is InChI=1S/C13H20N2O2/c1-7-6-9(8(2)11(15)10(7)14)12(16)17-13(3,4)5/h6H,14-15H2,1-5H3. The van der Waals surface area contributed by atoms with Gasteiger partial charge in [0.15, 0.2) is 0 Å². The zero-order chi connectivity index (χ0) is 13.4. The minimum absolute atomic E-state index is 0.371. The molecule has 0 saturated carbocycles. The second-order valence-electron chi connectivity index (χ2n) is 5.20. The summed E-state index contributed by atoms with van der Waals surface area (Å²) in [5.74, 6) is -0.371. The van der Waals surface area contributed by atoms with Gasteiger partial charge >= 0.3 is 5.97 Å². The minimum Gasteiger partial charge on any atom is -0.456 e. The van der Waals surface area contributed by atoms with E-state index in [0.717, 1.165) is 5.56 Å². The van der Waals surface area contributed by atoms with Crippen molar-refractivity contribution in [3.63, 3.8) is 0 Å². The van der Waals surface area contributed by atoms with E-state index in [0.29, 0.717) is 22.5 Å². The predicted molar refractivity (Wildman–Crippen MR) is 69.9 cm³/mol.